The van der Waals surface area contributed by atoms with Crippen molar-refractivity contribution in [3.05, 3.63) is 90.0 Å². The minimum atomic E-state index is -4.10. The van der Waals surface area contributed by atoms with E-state index >= 15 is 0 Å². The van der Waals surface area contributed by atoms with Crippen LogP contribution in [-0.4, -0.2) is 47.9 Å². The Labute approximate surface area is 221 Å². The molecular weight excluding hydrogens is 518 g/mol. The molecule has 3 aromatic rings. The molecule has 37 heavy (non-hydrogen) atoms. The van der Waals surface area contributed by atoms with Gasteiger partial charge in [-0.05, 0) is 72.3 Å². The molecule has 3 rings (SSSR count). The molecule has 9 nitrogen and oxygen atoms in total. The first-order valence-corrected chi connectivity index (χ1v) is 12.8. The minimum Gasteiger partial charge on any atom is -0.497 e. The highest BCUT2D eigenvalue weighted by atomic mass is 35.5. The number of carbonyl (C=O) groups excluding carboxylic acids is 1. The second kappa shape index (κ2) is 12.8. The number of hydrogen-bond donors (Lipinski definition) is 1. The average Bonchev–Trinajstić information content (AvgIpc) is 2.91. The van der Waals surface area contributed by atoms with Gasteiger partial charge in [0, 0.05) is 5.02 Å². The highest BCUT2D eigenvalue weighted by Crippen LogP contribution is 2.28. The lowest BCUT2D eigenvalue weighted by atomic mass is 10.2. The number of sulfonamides is 1. The van der Waals surface area contributed by atoms with Crippen LogP contribution in [0.15, 0.2) is 89.4 Å². The third kappa shape index (κ3) is 7.25. The van der Waals surface area contributed by atoms with Crippen molar-refractivity contribution in [2.24, 2.45) is 5.10 Å². The van der Waals surface area contributed by atoms with Crippen LogP contribution in [0.2, 0.25) is 5.02 Å². The number of benzene rings is 3. The summed E-state index contributed by atoms with van der Waals surface area (Å²) in [6.45, 7) is 3.41. The predicted octanol–water partition coefficient (Wildman–Crippen LogP) is 4.27. The third-order valence-corrected chi connectivity index (χ3v) is 7.04. The molecule has 0 bridgehead atoms. The van der Waals surface area contributed by atoms with Crippen LogP contribution in [0.4, 0.5) is 5.69 Å². The zero-order valence-electron chi connectivity index (χ0n) is 20.3. The molecule has 0 fully saturated rings. The van der Waals surface area contributed by atoms with E-state index in [1.165, 1.54) is 56.8 Å². The summed E-state index contributed by atoms with van der Waals surface area (Å²) in [5.74, 6) is 0.866. The number of amides is 1. The summed E-state index contributed by atoms with van der Waals surface area (Å²) in [5.41, 5.74) is 3.26. The van der Waals surface area contributed by atoms with E-state index in [0.717, 1.165) is 4.31 Å². The van der Waals surface area contributed by atoms with E-state index in [2.05, 4.69) is 17.1 Å². The number of rotatable bonds is 12. The van der Waals surface area contributed by atoms with E-state index in [9.17, 15) is 13.2 Å². The largest absolute Gasteiger partial charge is 0.497 e. The summed E-state index contributed by atoms with van der Waals surface area (Å²) in [6.07, 6.45) is 3.02. The quantitative estimate of drug-likeness (QED) is 0.208. The van der Waals surface area contributed by atoms with Crippen LogP contribution in [0.1, 0.15) is 5.56 Å². The van der Waals surface area contributed by atoms with E-state index in [-0.39, 0.29) is 10.6 Å². The molecule has 1 N–H and O–H groups in total. The molecular formula is C26H26ClN3O6S. The molecule has 0 atom stereocenters. The lowest BCUT2D eigenvalue weighted by molar-refractivity contribution is -0.119. The Morgan fingerprint density at radius 2 is 1.73 bits per heavy atom. The van der Waals surface area contributed by atoms with E-state index in [0.29, 0.717) is 34.4 Å². The molecule has 0 aliphatic carbocycles. The van der Waals surface area contributed by atoms with E-state index < -0.39 is 22.5 Å². The van der Waals surface area contributed by atoms with Crippen molar-refractivity contribution in [3.63, 3.8) is 0 Å². The normalized spacial score (nSPS) is 11.1. The van der Waals surface area contributed by atoms with Gasteiger partial charge in [-0.15, -0.1) is 0 Å². The molecule has 0 aliphatic heterocycles. The molecule has 0 aromatic heterocycles. The van der Waals surface area contributed by atoms with Gasteiger partial charge in [-0.1, -0.05) is 24.3 Å². The molecule has 3 aromatic carbocycles. The lowest BCUT2D eigenvalue weighted by Gasteiger charge is -2.23. The first-order chi connectivity index (χ1) is 17.8. The highest BCUT2D eigenvalue weighted by Gasteiger charge is 2.27. The topological polar surface area (TPSA) is 107 Å². The van der Waals surface area contributed by atoms with Crippen LogP contribution in [0.25, 0.3) is 0 Å². The number of carbonyl (C=O) groups is 1. The molecule has 0 radical (unpaired) electrons. The number of halogens is 1. The van der Waals surface area contributed by atoms with E-state index in [1.54, 1.807) is 36.4 Å². The van der Waals surface area contributed by atoms with E-state index in [4.69, 9.17) is 25.8 Å². The summed E-state index contributed by atoms with van der Waals surface area (Å²) in [5, 5.41) is 4.38. The van der Waals surface area contributed by atoms with Crippen molar-refractivity contribution in [3.8, 4) is 17.2 Å². The van der Waals surface area contributed by atoms with Gasteiger partial charge in [0.15, 0.2) is 11.5 Å². The standard InChI is InChI=1S/C26H26ClN3O6S/c1-4-15-36-24-14-5-19(16-25(24)35-3)17-28-29-26(31)18-30(21-8-6-20(27)7-9-21)37(32,33)23-12-10-22(34-2)11-13-23/h4-14,16-17H,1,15,18H2,2-3H3,(H,29,31)/b28-17-. The van der Waals surface area contributed by atoms with Gasteiger partial charge in [0.05, 0.1) is 31.0 Å². The number of nitrogens with one attached hydrogen (secondary N) is 1. The second-order valence-corrected chi connectivity index (χ2v) is 9.77. The zero-order valence-corrected chi connectivity index (χ0v) is 21.8. The third-order valence-electron chi connectivity index (χ3n) is 5.00. The van der Waals surface area contributed by atoms with Crippen molar-refractivity contribution < 1.29 is 27.4 Å². The molecule has 11 heteroatoms. The highest BCUT2D eigenvalue weighted by molar-refractivity contribution is 7.92. The van der Waals surface area contributed by atoms with Gasteiger partial charge in [-0.25, -0.2) is 13.8 Å². The first-order valence-electron chi connectivity index (χ1n) is 10.9. The summed E-state index contributed by atoms with van der Waals surface area (Å²) in [4.78, 5) is 12.7. The van der Waals surface area contributed by atoms with Gasteiger partial charge >= 0.3 is 0 Å². The van der Waals surface area contributed by atoms with Crippen LogP contribution < -0.4 is 23.9 Å². The van der Waals surface area contributed by atoms with Crippen molar-refractivity contribution in [1.82, 2.24) is 5.43 Å². The van der Waals surface area contributed by atoms with Crippen LogP contribution in [0, 0.1) is 0 Å². The zero-order chi connectivity index (χ0) is 26.8. The molecule has 0 unspecified atom stereocenters. The molecule has 0 spiro atoms. The van der Waals surface area contributed by atoms with Gasteiger partial charge in [0.1, 0.15) is 18.9 Å². The Morgan fingerprint density at radius 1 is 1.03 bits per heavy atom. The minimum absolute atomic E-state index is 0.00888. The van der Waals surface area contributed by atoms with Crippen LogP contribution in [0.3, 0.4) is 0 Å². The number of anilines is 1. The fourth-order valence-corrected chi connectivity index (χ4v) is 4.72. The van der Waals surface area contributed by atoms with Gasteiger partial charge in [-0.2, -0.15) is 5.10 Å². The molecule has 1 amide bonds. The summed E-state index contributed by atoms with van der Waals surface area (Å²) >= 11 is 5.97. The molecule has 0 heterocycles. The fourth-order valence-electron chi connectivity index (χ4n) is 3.17. The number of nitrogens with zero attached hydrogens (tertiary/aromatic N) is 2. The monoisotopic (exact) mass is 543 g/mol. The second-order valence-electron chi connectivity index (χ2n) is 7.47. The van der Waals surface area contributed by atoms with Crippen LogP contribution >= 0.6 is 11.6 Å². The van der Waals surface area contributed by atoms with Crippen molar-refractivity contribution >= 4 is 39.4 Å². The smallest absolute Gasteiger partial charge is 0.264 e. The van der Waals surface area contributed by atoms with Gasteiger partial charge in [0.25, 0.3) is 15.9 Å². The fraction of sp³-hybridized carbons (Fsp3) is 0.154. The Kier molecular flexibility index (Phi) is 9.53. The molecule has 0 aliphatic rings. The van der Waals surface area contributed by atoms with Gasteiger partial charge in [-0.3, -0.25) is 9.10 Å². The van der Waals surface area contributed by atoms with Crippen molar-refractivity contribution in [2.75, 3.05) is 31.7 Å². The predicted molar refractivity (Wildman–Crippen MR) is 143 cm³/mol. The summed E-state index contributed by atoms with van der Waals surface area (Å²) < 4.78 is 43.8. The maximum absolute atomic E-state index is 13.4. The number of hydrogen-bond acceptors (Lipinski definition) is 7. The van der Waals surface area contributed by atoms with Crippen molar-refractivity contribution in [1.29, 1.82) is 0 Å². The summed E-state index contributed by atoms with van der Waals surface area (Å²) in [7, 11) is -1.11. The Balaban J connectivity index is 1.78. The summed E-state index contributed by atoms with van der Waals surface area (Å²) in [6, 6.07) is 17.1. The molecule has 0 saturated heterocycles. The molecule has 194 valence electrons. The maximum Gasteiger partial charge on any atom is 0.264 e. The van der Waals surface area contributed by atoms with Gasteiger partial charge in [0.2, 0.25) is 0 Å². The first kappa shape index (κ1) is 27.6. The van der Waals surface area contributed by atoms with Crippen LogP contribution in [0.5, 0.6) is 17.2 Å². The number of hydrazone groups is 1. The van der Waals surface area contributed by atoms with Crippen molar-refractivity contribution in [2.45, 2.75) is 4.90 Å². The van der Waals surface area contributed by atoms with E-state index in [1.807, 2.05) is 0 Å². The number of methoxy groups -OCH3 is 2. The average molecular weight is 544 g/mol. The Morgan fingerprint density at radius 3 is 2.35 bits per heavy atom. The lowest BCUT2D eigenvalue weighted by Crippen LogP contribution is -2.39. The molecule has 0 saturated carbocycles. The Hall–Kier alpha value is -4.02. The van der Waals surface area contributed by atoms with Crippen LogP contribution in [-0.2, 0) is 14.8 Å². The SMILES string of the molecule is C=CCOc1ccc(/C=N\NC(=O)CN(c2ccc(Cl)cc2)S(=O)(=O)c2ccc(OC)cc2)cc1OC. The van der Waals surface area contributed by atoms with Gasteiger partial charge < -0.3 is 14.2 Å². The maximum atomic E-state index is 13.4. The Bertz CT molecular complexity index is 1360. The number of ether oxygens (including phenoxy) is 3.